The van der Waals surface area contributed by atoms with Gasteiger partial charge in [0, 0.05) is 31.7 Å². The van der Waals surface area contributed by atoms with Gasteiger partial charge in [0.25, 0.3) is 0 Å². The predicted molar refractivity (Wildman–Crippen MR) is 115 cm³/mol. The number of carbonyl (C=O) groups excluding carboxylic acids is 1. The maximum atomic E-state index is 14.0. The number of nitrogens with one attached hydrogen (secondary N) is 1. The molecule has 0 unspecified atom stereocenters. The van der Waals surface area contributed by atoms with Crippen LogP contribution in [0.2, 0.25) is 0 Å². The van der Waals surface area contributed by atoms with Crippen LogP contribution in [0, 0.1) is 23.6 Å². The van der Waals surface area contributed by atoms with Gasteiger partial charge in [0.2, 0.25) is 15.9 Å². The number of benzene rings is 1. The number of hydrogen-bond acceptors (Lipinski definition) is 4. The van der Waals surface area contributed by atoms with Gasteiger partial charge in [0.1, 0.15) is 10.7 Å². The van der Waals surface area contributed by atoms with Crippen LogP contribution in [0.5, 0.6) is 0 Å². The number of halogens is 1. The smallest absolute Gasteiger partial charge is 0.246 e. The summed E-state index contributed by atoms with van der Waals surface area (Å²) in [7, 11) is -3.87. The first-order chi connectivity index (χ1) is 14.8. The van der Waals surface area contributed by atoms with Crippen molar-refractivity contribution >= 4 is 15.9 Å². The highest BCUT2D eigenvalue weighted by Crippen LogP contribution is 2.55. The number of amides is 1. The van der Waals surface area contributed by atoms with Crippen molar-refractivity contribution in [3.8, 4) is 0 Å². The highest BCUT2D eigenvalue weighted by molar-refractivity contribution is 7.89. The van der Waals surface area contributed by atoms with E-state index in [2.05, 4.69) is 5.32 Å². The van der Waals surface area contributed by atoms with Gasteiger partial charge in [-0.2, -0.15) is 4.31 Å². The molecule has 0 radical (unpaired) electrons. The highest BCUT2D eigenvalue weighted by Gasteiger charge is 2.52. The first-order valence-corrected chi connectivity index (χ1v) is 13.0. The third-order valence-electron chi connectivity index (χ3n) is 8.08. The second kappa shape index (κ2) is 7.81. The molecule has 1 amide bonds. The monoisotopic (exact) mass is 449 g/mol. The van der Waals surface area contributed by atoms with Gasteiger partial charge < -0.3 is 5.32 Å². The molecule has 4 saturated carbocycles. The zero-order valence-electron chi connectivity index (χ0n) is 18.1. The van der Waals surface area contributed by atoms with Crippen LogP contribution in [-0.4, -0.2) is 61.3 Å². The third-order valence-corrected chi connectivity index (χ3v) is 10.0. The molecular weight excluding hydrogens is 417 g/mol. The van der Waals surface area contributed by atoms with Gasteiger partial charge in [-0.25, -0.2) is 12.8 Å². The molecule has 1 N–H and O–H groups in total. The van der Waals surface area contributed by atoms with Gasteiger partial charge in [0.05, 0.1) is 6.04 Å². The fourth-order valence-corrected chi connectivity index (χ4v) is 8.41. The molecule has 1 atom stereocenters. The summed E-state index contributed by atoms with van der Waals surface area (Å²) in [6, 6.07) is 5.18. The Morgan fingerprint density at radius 2 is 1.58 bits per heavy atom. The lowest BCUT2D eigenvalue weighted by Gasteiger charge is -2.57. The number of sulfonamides is 1. The van der Waals surface area contributed by atoms with Crippen LogP contribution in [0.3, 0.4) is 0 Å². The van der Waals surface area contributed by atoms with Crippen LogP contribution in [-0.2, 0) is 14.8 Å². The fraction of sp³-hybridized carbons (Fsp3) is 0.696. The lowest BCUT2D eigenvalue weighted by atomic mass is 9.53. The van der Waals surface area contributed by atoms with E-state index in [4.69, 9.17) is 0 Å². The minimum absolute atomic E-state index is 0.0178. The molecule has 4 aliphatic carbocycles. The zero-order valence-corrected chi connectivity index (χ0v) is 18.9. The molecule has 8 heteroatoms. The Labute approximate surface area is 184 Å². The second-order valence-corrected chi connectivity index (χ2v) is 12.1. The van der Waals surface area contributed by atoms with Crippen LogP contribution in [0.25, 0.3) is 0 Å². The Hall–Kier alpha value is -1.51. The van der Waals surface area contributed by atoms with Crippen molar-refractivity contribution in [1.82, 2.24) is 14.5 Å². The van der Waals surface area contributed by atoms with Crippen molar-refractivity contribution < 1.29 is 17.6 Å². The van der Waals surface area contributed by atoms with E-state index in [1.807, 2.05) is 11.8 Å². The van der Waals surface area contributed by atoms with E-state index in [1.165, 1.54) is 47.8 Å². The summed E-state index contributed by atoms with van der Waals surface area (Å²) in [6.07, 6.45) is 7.36. The van der Waals surface area contributed by atoms with Gasteiger partial charge in [-0.1, -0.05) is 12.1 Å². The number of piperazine rings is 1. The summed E-state index contributed by atoms with van der Waals surface area (Å²) in [5.41, 5.74) is -0.0178. The number of nitrogens with zero attached hydrogens (tertiary/aromatic N) is 2. The summed E-state index contributed by atoms with van der Waals surface area (Å²) in [6.45, 7) is 3.35. The second-order valence-electron chi connectivity index (χ2n) is 10.2. The minimum Gasteiger partial charge on any atom is -0.349 e. The molecule has 170 valence electrons. The molecule has 1 saturated heterocycles. The van der Waals surface area contributed by atoms with E-state index in [-0.39, 0.29) is 35.5 Å². The maximum absolute atomic E-state index is 14.0. The lowest BCUT2D eigenvalue weighted by Crippen LogP contribution is -2.63. The van der Waals surface area contributed by atoms with Gasteiger partial charge in [-0.15, -0.1) is 0 Å². The first kappa shape index (κ1) is 21.3. The maximum Gasteiger partial charge on any atom is 0.246 e. The minimum atomic E-state index is -3.87. The van der Waals surface area contributed by atoms with E-state index >= 15 is 0 Å². The molecule has 4 bridgehead atoms. The molecule has 0 aromatic heterocycles. The van der Waals surface area contributed by atoms with Gasteiger partial charge in [-0.05, 0) is 75.3 Å². The average molecular weight is 450 g/mol. The van der Waals surface area contributed by atoms with Crippen LogP contribution >= 0.6 is 0 Å². The first-order valence-electron chi connectivity index (χ1n) is 11.6. The molecule has 5 aliphatic rings. The van der Waals surface area contributed by atoms with E-state index in [1.54, 1.807) is 0 Å². The molecule has 1 aromatic rings. The van der Waals surface area contributed by atoms with Crippen molar-refractivity contribution in [3.63, 3.8) is 0 Å². The standard InChI is InChI=1S/C23H32FN3O3S/c1-16(22(28)25-23-13-17-10-18(14-23)12-19(11-17)15-23)26-6-8-27(9-7-26)31(29,30)21-5-3-2-4-20(21)24/h2-5,16-19H,6-15H2,1H3,(H,25,28)/t16-,17?,18?,19?,23?/m0/s1. The molecule has 6 nitrogen and oxygen atoms in total. The molecule has 31 heavy (non-hydrogen) atoms. The lowest BCUT2D eigenvalue weighted by molar-refractivity contribution is -0.132. The largest absolute Gasteiger partial charge is 0.349 e. The predicted octanol–water partition coefficient (Wildman–Crippen LogP) is 2.61. The third kappa shape index (κ3) is 3.91. The fourth-order valence-electron chi connectivity index (χ4n) is 6.92. The summed E-state index contributed by atoms with van der Waals surface area (Å²) in [5, 5.41) is 3.43. The number of hydrogen-bond donors (Lipinski definition) is 1. The molecule has 0 spiro atoms. The molecule has 1 heterocycles. The van der Waals surface area contributed by atoms with Gasteiger partial charge in [0.15, 0.2) is 0 Å². The topological polar surface area (TPSA) is 69.7 Å². The quantitative estimate of drug-likeness (QED) is 0.750. The van der Waals surface area contributed by atoms with Crippen molar-refractivity contribution in [1.29, 1.82) is 0 Å². The van der Waals surface area contributed by atoms with E-state index in [0.717, 1.165) is 37.0 Å². The van der Waals surface area contributed by atoms with Crippen molar-refractivity contribution in [3.05, 3.63) is 30.1 Å². The number of carbonyl (C=O) groups is 1. The summed E-state index contributed by atoms with van der Waals surface area (Å²) < 4.78 is 41.0. The van der Waals surface area contributed by atoms with Crippen molar-refractivity contribution in [2.24, 2.45) is 17.8 Å². The Kier molecular flexibility index (Phi) is 5.38. The normalized spacial score (nSPS) is 34.6. The van der Waals surface area contributed by atoms with E-state index in [0.29, 0.717) is 13.1 Å². The Balaban J connectivity index is 1.20. The highest BCUT2D eigenvalue weighted by atomic mass is 32.2. The van der Waals surface area contributed by atoms with Gasteiger partial charge in [-0.3, -0.25) is 9.69 Å². The SMILES string of the molecule is C[C@@H](C(=O)NC12CC3CC(CC(C3)C1)C2)N1CCN(S(=O)(=O)c2ccccc2F)CC1. The Bertz CT molecular complexity index is 923. The van der Waals surface area contributed by atoms with Crippen molar-refractivity contribution in [2.75, 3.05) is 26.2 Å². The van der Waals surface area contributed by atoms with E-state index in [9.17, 15) is 17.6 Å². The van der Waals surface area contributed by atoms with Crippen LogP contribution in [0.4, 0.5) is 4.39 Å². The van der Waals surface area contributed by atoms with Crippen molar-refractivity contribution in [2.45, 2.75) is 61.9 Å². The van der Waals surface area contributed by atoms with Crippen LogP contribution in [0.15, 0.2) is 29.2 Å². The molecule has 5 fully saturated rings. The average Bonchev–Trinajstić information content (AvgIpc) is 2.72. The Morgan fingerprint density at radius 3 is 2.13 bits per heavy atom. The van der Waals surface area contributed by atoms with Crippen LogP contribution < -0.4 is 5.32 Å². The molecule has 6 rings (SSSR count). The molecule has 1 aliphatic heterocycles. The summed E-state index contributed by atoms with van der Waals surface area (Å²) in [5.74, 6) is 1.65. The van der Waals surface area contributed by atoms with Gasteiger partial charge >= 0.3 is 0 Å². The molecule has 1 aromatic carbocycles. The van der Waals surface area contributed by atoms with Crippen LogP contribution in [0.1, 0.15) is 45.4 Å². The summed E-state index contributed by atoms with van der Waals surface area (Å²) >= 11 is 0. The zero-order chi connectivity index (χ0) is 21.8. The van der Waals surface area contributed by atoms with E-state index < -0.39 is 15.8 Å². The Morgan fingerprint density at radius 1 is 1.03 bits per heavy atom. The molecular formula is C23H32FN3O3S. The summed E-state index contributed by atoms with van der Waals surface area (Å²) in [4.78, 5) is 14.9. The number of rotatable bonds is 5.